The van der Waals surface area contributed by atoms with Crippen molar-refractivity contribution in [3.8, 4) is 5.75 Å². The molecule has 21 heavy (non-hydrogen) atoms. The first-order valence-corrected chi connectivity index (χ1v) is 6.99. The summed E-state index contributed by atoms with van der Waals surface area (Å²) in [6, 6.07) is 12.4. The molecule has 0 radical (unpaired) electrons. The van der Waals surface area contributed by atoms with Crippen molar-refractivity contribution in [1.82, 2.24) is 0 Å². The zero-order valence-corrected chi connectivity index (χ0v) is 11.9. The third-order valence-corrected chi connectivity index (χ3v) is 4.13. The molecule has 0 spiro atoms. The van der Waals surface area contributed by atoms with Crippen LogP contribution in [0.15, 0.2) is 42.5 Å². The highest BCUT2D eigenvalue weighted by atomic mass is 19.1. The van der Waals surface area contributed by atoms with Crippen molar-refractivity contribution in [1.29, 1.82) is 0 Å². The van der Waals surface area contributed by atoms with Crippen LogP contribution >= 0.6 is 0 Å². The van der Waals surface area contributed by atoms with Crippen LogP contribution < -0.4 is 10.1 Å². The first-order valence-electron chi connectivity index (χ1n) is 6.99. The van der Waals surface area contributed by atoms with Gasteiger partial charge in [0.05, 0.1) is 19.3 Å². The summed E-state index contributed by atoms with van der Waals surface area (Å²) in [5.41, 5.74) is 2.24. The van der Waals surface area contributed by atoms with Crippen LogP contribution in [0.4, 0.5) is 10.1 Å². The van der Waals surface area contributed by atoms with E-state index in [2.05, 4.69) is 5.32 Å². The Morgan fingerprint density at radius 2 is 2.14 bits per heavy atom. The number of fused-ring (bicyclic) bond motifs is 1. The number of hydrogen-bond acceptors (Lipinski definition) is 3. The SMILES string of the molecule is COc1cccc(NC2(CO)CCc3cc(F)ccc32)c1. The average molecular weight is 287 g/mol. The molecule has 0 bridgehead atoms. The van der Waals surface area contributed by atoms with Gasteiger partial charge in [0, 0.05) is 11.8 Å². The van der Waals surface area contributed by atoms with Gasteiger partial charge < -0.3 is 15.2 Å². The lowest BCUT2D eigenvalue weighted by Gasteiger charge is -2.31. The van der Waals surface area contributed by atoms with Gasteiger partial charge >= 0.3 is 0 Å². The second-order valence-electron chi connectivity index (χ2n) is 5.40. The molecule has 1 aliphatic carbocycles. The van der Waals surface area contributed by atoms with E-state index in [1.54, 1.807) is 19.2 Å². The van der Waals surface area contributed by atoms with Gasteiger partial charge in [-0.05, 0) is 48.2 Å². The van der Waals surface area contributed by atoms with E-state index in [4.69, 9.17) is 4.74 Å². The van der Waals surface area contributed by atoms with Gasteiger partial charge in [-0.15, -0.1) is 0 Å². The number of aliphatic hydroxyl groups excluding tert-OH is 1. The summed E-state index contributed by atoms with van der Waals surface area (Å²) in [6.45, 7) is -0.0388. The van der Waals surface area contributed by atoms with E-state index in [0.717, 1.165) is 35.4 Å². The zero-order chi connectivity index (χ0) is 14.9. The maximum absolute atomic E-state index is 13.3. The molecular weight excluding hydrogens is 269 g/mol. The average Bonchev–Trinajstić information content (AvgIpc) is 2.86. The van der Waals surface area contributed by atoms with Gasteiger partial charge in [-0.2, -0.15) is 0 Å². The number of aliphatic hydroxyl groups is 1. The summed E-state index contributed by atoms with van der Waals surface area (Å²) in [4.78, 5) is 0. The minimum atomic E-state index is -0.560. The summed E-state index contributed by atoms with van der Waals surface area (Å²) in [6.07, 6.45) is 1.49. The molecule has 2 aromatic rings. The van der Waals surface area contributed by atoms with Crippen LogP contribution in [0.5, 0.6) is 5.75 Å². The first kappa shape index (κ1) is 13.9. The highest BCUT2D eigenvalue weighted by molar-refractivity contribution is 5.54. The van der Waals surface area contributed by atoms with Crippen molar-refractivity contribution in [3.05, 3.63) is 59.4 Å². The lowest BCUT2D eigenvalue weighted by Crippen LogP contribution is -2.36. The standard InChI is InChI=1S/C17H18FNO2/c1-21-15-4-2-3-14(10-15)19-17(11-20)8-7-12-9-13(18)5-6-16(12)17/h2-6,9-10,19-20H,7-8,11H2,1H3. The number of nitrogens with one attached hydrogen (secondary N) is 1. The first-order chi connectivity index (χ1) is 10.2. The van der Waals surface area contributed by atoms with Gasteiger partial charge in [0.1, 0.15) is 11.6 Å². The predicted octanol–water partition coefficient (Wildman–Crippen LogP) is 3.08. The van der Waals surface area contributed by atoms with Crippen LogP contribution in [-0.4, -0.2) is 18.8 Å². The van der Waals surface area contributed by atoms with Crippen LogP contribution in [0, 0.1) is 5.82 Å². The Kier molecular flexibility index (Phi) is 3.55. The number of rotatable bonds is 4. The molecule has 3 nitrogen and oxygen atoms in total. The van der Waals surface area contributed by atoms with Gasteiger partial charge in [0.25, 0.3) is 0 Å². The molecule has 0 aliphatic heterocycles. The summed E-state index contributed by atoms with van der Waals surface area (Å²) >= 11 is 0. The fourth-order valence-electron chi connectivity index (χ4n) is 3.03. The molecule has 1 atom stereocenters. The lowest BCUT2D eigenvalue weighted by molar-refractivity contribution is 0.211. The Balaban J connectivity index is 1.96. The Hall–Kier alpha value is -2.07. The third kappa shape index (κ3) is 2.47. The molecule has 4 heteroatoms. The largest absolute Gasteiger partial charge is 0.497 e. The number of halogens is 1. The molecule has 2 aromatic carbocycles. The van der Waals surface area contributed by atoms with Crippen LogP contribution in [0.3, 0.4) is 0 Å². The van der Waals surface area contributed by atoms with Crippen LogP contribution in [-0.2, 0) is 12.0 Å². The van der Waals surface area contributed by atoms with Crippen molar-refractivity contribution >= 4 is 5.69 Å². The topological polar surface area (TPSA) is 41.5 Å². The highest BCUT2D eigenvalue weighted by Gasteiger charge is 2.38. The molecule has 1 unspecified atom stereocenters. The number of ether oxygens (including phenoxy) is 1. The van der Waals surface area contributed by atoms with Crippen LogP contribution in [0.25, 0.3) is 0 Å². The Labute approximate surface area is 123 Å². The van der Waals surface area contributed by atoms with E-state index < -0.39 is 5.54 Å². The number of benzene rings is 2. The van der Waals surface area contributed by atoms with E-state index in [0.29, 0.717) is 0 Å². The fourth-order valence-corrected chi connectivity index (χ4v) is 3.03. The van der Waals surface area contributed by atoms with Crippen LogP contribution in [0.2, 0.25) is 0 Å². The minimum absolute atomic E-state index is 0.0388. The Bertz CT molecular complexity index is 659. The molecule has 0 fully saturated rings. The molecule has 0 heterocycles. The predicted molar refractivity (Wildman–Crippen MR) is 80.1 cm³/mol. The normalized spacial score (nSPS) is 20.1. The zero-order valence-electron chi connectivity index (χ0n) is 11.9. The Morgan fingerprint density at radius 3 is 2.90 bits per heavy atom. The van der Waals surface area contributed by atoms with Crippen molar-refractivity contribution in [2.75, 3.05) is 19.0 Å². The quantitative estimate of drug-likeness (QED) is 0.908. The molecule has 0 amide bonds. The summed E-state index contributed by atoms with van der Waals surface area (Å²) < 4.78 is 18.6. The molecular formula is C17H18FNO2. The summed E-state index contributed by atoms with van der Waals surface area (Å²) in [5.74, 6) is 0.522. The van der Waals surface area contributed by atoms with Gasteiger partial charge in [0.15, 0.2) is 0 Å². The maximum Gasteiger partial charge on any atom is 0.123 e. The summed E-state index contributed by atoms with van der Waals surface area (Å²) in [7, 11) is 1.62. The molecule has 3 rings (SSSR count). The molecule has 1 aliphatic rings. The smallest absolute Gasteiger partial charge is 0.123 e. The molecule has 110 valence electrons. The minimum Gasteiger partial charge on any atom is -0.497 e. The van der Waals surface area contributed by atoms with Gasteiger partial charge in [-0.3, -0.25) is 0 Å². The monoisotopic (exact) mass is 287 g/mol. The second-order valence-corrected chi connectivity index (χ2v) is 5.40. The van der Waals surface area contributed by atoms with Crippen molar-refractivity contribution < 1.29 is 14.2 Å². The summed E-state index contributed by atoms with van der Waals surface area (Å²) in [5, 5.41) is 13.3. The number of anilines is 1. The van der Waals surface area contributed by atoms with Gasteiger partial charge in [-0.25, -0.2) is 4.39 Å². The molecule has 0 saturated heterocycles. The van der Waals surface area contributed by atoms with Crippen molar-refractivity contribution in [2.45, 2.75) is 18.4 Å². The fraction of sp³-hybridized carbons (Fsp3) is 0.294. The van der Waals surface area contributed by atoms with E-state index in [1.165, 1.54) is 6.07 Å². The Morgan fingerprint density at radius 1 is 1.29 bits per heavy atom. The molecule has 2 N–H and O–H groups in total. The van der Waals surface area contributed by atoms with Crippen molar-refractivity contribution in [2.24, 2.45) is 0 Å². The number of hydrogen-bond donors (Lipinski definition) is 2. The van der Waals surface area contributed by atoms with E-state index in [1.807, 2.05) is 24.3 Å². The van der Waals surface area contributed by atoms with Gasteiger partial charge in [-0.1, -0.05) is 12.1 Å². The number of aryl methyl sites for hydroxylation is 1. The van der Waals surface area contributed by atoms with E-state index in [-0.39, 0.29) is 12.4 Å². The number of methoxy groups -OCH3 is 1. The van der Waals surface area contributed by atoms with E-state index in [9.17, 15) is 9.50 Å². The molecule has 0 aromatic heterocycles. The highest BCUT2D eigenvalue weighted by Crippen LogP contribution is 2.40. The third-order valence-electron chi connectivity index (χ3n) is 4.13. The molecule has 0 saturated carbocycles. The van der Waals surface area contributed by atoms with Crippen molar-refractivity contribution in [3.63, 3.8) is 0 Å². The van der Waals surface area contributed by atoms with Gasteiger partial charge in [0.2, 0.25) is 0 Å². The van der Waals surface area contributed by atoms with Crippen LogP contribution in [0.1, 0.15) is 17.5 Å². The maximum atomic E-state index is 13.3. The van der Waals surface area contributed by atoms with E-state index >= 15 is 0 Å². The second kappa shape index (κ2) is 5.37. The lowest BCUT2D eigenvalue weighted by atomic mass is 9.92.